The number of allylic oxidation sites excluding steroid dienone is 3. The molecule has 3 saturated heterocycles. The van der Waals surface area contributed by atoms with Crippen molar-refractivity contribution in [1.29, 1.82) is 0 Å². The second-order valence-corrected chi connectivity index (χ2v) is 20.8. The number of hydrogen-bond donors (Lipinski definition) is 12. The van der Waals surface area contributed by atoms with E-state index in [0.717, 1.165) is 32.1 Å². The number of unbranched alkanes of at least 4 members (excludes halogenated alkanes) is 23. The zero-order valence-electron chi connectivity index (χ0n) is 44.8. The number of carbonyl (C=O) groups excluding carboxylic acids is 1. The Kier molecular flexibility index (Phi) is 35.6. The van der Waals surface area contributed by atoms with Crippen LogP contribution in [0.25, 0.3) is 0 Å². The van der Waals surface area contributed by atoms with Gasteiger partial charge in [-0.15, -0.1) is 0 Å². The summed E-state index contributed by atoms with van der Waals surface area (Å²) in [5.74, 6) is -0.285. The van der Waals surface area contributed by atoms with Crippen LogP contribution in [0.4, 0.5) is 0 Å². The number of amides is 1. The van der Waals surface area contributed by atoms with Gasteiger partial charge < -0.3 is 89.9 Å². The van der Waals surface area contributed by atoms with E-state index in [2.05, 4.69) is 24.4 Å². The fourth-order valence-corrected chi connectivity index (χ4v) is 9.70. The second-order valence-electron chi connectivity index (χ2n) is 20.8. The van der Waals surface area contributed by atoms with E-state index in [-0.39, 0.29) is 18.9 Å². The molecule has 0 spiro atoms. The topological polar surface area (TPSA) is 307 Å². The molecule has 0 radical (unpaired) electrons. The number of hydrogen-bond acceptors (Lipinski definition) is 18. The van der Waals surface area contributed by atoms with Gasteiger partial charge in [-0.3, -0.25) is 4.79 Å². The van der Waals surface area contributed by atoms with Crippen LogP contribution in [0.3, 0.4) is 0 Å². The van der Waals surface area contributed by atoms with Crippen LogP contribution in [-0.4, -0.2) is 193 Å². The molecule has 3 aliphatic rings. The van der Waals surface area contributed by atoms with Crippen LogP contribution in [0.2, 0.25) is 0 Å². The number of nitrogens with one attached hydrogen (secondary N) is 1. The van der Waals surface area contributed by atoms with E-state index < -0.39 is 124 Å². The molecule has 12 N–H and O–H groups in total. The normalized spacial score (nSPS) is 31.6. The van der Waals surface area contributed by atoms with Gasteiger partial charge in [-0.05, 0) is 38.5 Å². The van der Waals surface area contributed by atoms with Gasteiger partial charge in [0.25, 0.3) is 0 Å². The molecule has 0 aromatic heterocycles. The van der Waals surface area contributed by atoms with E-state index in [9.17, 15) is 61.0 Å². The zero-order valence-corrected chi connectivity index (χ0v) is 44.8. The first-order valence-electron chi connectivity index (χ1n) is 28.6. The van der Waals surface area contributed by atoms with Gasteiger partial charge in [-0.25, -0.2) is 0 Å². The minimum absolute atomic E-state index is 0.243. The van der Waals surface area contributed by atoms with Crippen LogP contribution >= 0.6 is 0 Å². The molecule has 19 heteroatoms. The molecule has 0 saturated carbocycles. The predicted octanol–water partition coefficient (Wildman–Crippen LogP) is 3.98. The standard InChI is InChI=1S/C55H101NO18/c1-3-5-7-9-10-11-12-13-14-15-16-17-18-19-20-21-22-23-24-25-26-27-28-29-31-33-43(61)56-38(39(60)32-30-8-6-4-2)37-69-53-49(67)46(64)51(41(35-58)71-53)74-55-50(68)47(65)52(42(36-59)72-55)73-54-48(66)45(63)44(62)40(34-57)70-54/h15-16,30,32,38-42,44-55,57-60,62-68H,3-14,17-29,31,33-37H2,1-2H3,(H,56,61)/b16-15-,32-30+. The van der Waals surface area contributed by atoms with Crippen molar-refractivity contribution in [2.45, 2.75) is 291 Å². The van der Waals surface area contributed by atoms with Crippen LogP contribution in [0.1, 0.15) is 187 Å². The molecule has 1 amide bonds. The summed E-state index contributed by atoms with van der Waals surface area (Å²) in [6, 6.07) is -0.966. The molecule has 0 bridgehead atoms. The number of aliphatic hydroxyl groups is 11. The van der Waals surface area contributed by atoms with Crippen molar-refractivity contribution in [2.24, 2.45) is 0 Å². The summed E-state index contributed by atoms with van der Waals surface area (Å²) in [6.07, 6.45) is 12.8. The van der Waals surface area contributed by atoms with Crippen molar-refractivity contribution < 1.29 is 89.4 Å². The maximum absolute atomic E-state index is 13.1. The molecule has 3 aliphatic heterocycles. The van der Waals surface area contributed by atoms with Gasteiger partial charge in [-0.1, -0.05) is 167 Å². The van der Waals surface area contributed by atoms with Crippen LogP contribution in [0, 0.1) is 0 Å². The van der Waals surface area contributed by atoms with Gasteiger partial charge >= 0.3 is 0 Å². The highest BCUT2D eigenvalue weighted by Gasteiger charge is 2.53. The first kappa shape index (κ1) is 66.5. The van der Waals surface area contributed by atoms with Crippen molar-refractivity contribution in [3.8, 4) is 0 Å². The summed E-state index contributed by atoms with van der Waals surface area (Å²) in [6.45, 7) is 1.54. The second kappa shape index (κ2) is 39.6. The molecule has 3 heterocycles. The zero-order chi connectivity index (χ0) is 54.1. The van der Waals surface area contributed by atoms with Gasteiger partial charge in [0.1, 0.15) is 73.2 Å². The minimum Gasteiger partial charge on any atom is -0.394 e. The molecular weight excluding hydrogens is 963 g/mol. The first-order valence-corrected chi connectivity index (χ1v) is 28.6. The van der Waals surface area contributed by atoms with E-state index in [1.807, 2.05) is 13.0 Å². The molecule has 434 valence electrons. The summed E-state index contributed by atoms with van der Waals surface area (Å²) in [4.78, 5) is 13.1. The number of rotatable bonds is 41. The Morgan fingerprint density at radius 3 is 1.34 bits per heavy atom. The van der Waals surface area contributed by atoms with E-state index in [1.165, 1.54) is 122 Å². The Morgan fingerprint density at radius 1 is 0.473 bits per heavy atom. The highest BCUT2D eigenvalue weighted by atomic mass is 16.8. The van der Waals surface area contributed by atoms with Crippen molar-refractivity contribution in [2.75, 3.05) is 26.4 Å². The van der Waals surface area contributed by atoms with Crippen molar-refractivity contribution in [3.63, 3.8) is 0 Å². The predicted molar refractivity (Wildman–Crippen MR) is 277 cm³/mol. The lowest BCUT2D eigenvalue weighted by molar-refractivity contribution is -0.379. The van der Waals surface area contributed by atoms with Crippen LogP contribution in [0.5, 0.6) is 0 Å². The molecule has 0 aliphatic carbocycles. The molecule has 19 nitrogen and oxygen atoms in total. The van der Waals surface area contributed by atoms with Crippen LogP contribution in [-0.2, 0) is 33.2 Å². The van der Waals surface area contributed by atoms with Gasteiger partial charge in [0.05, 0.1) is 38.6 Å². The third kappa shape index (κ3) is 24.1. The highest BCUT2D eigenvalue weighted by molar-refractivity contribution is 5.76. The third-order valence-corrected chi connectivity index (χ3v) is 14.5. The van der Waals surface area contributed by atoms with Gasteiger partial charge in [0.15, 0.2) is 18.9 Å². The molecule has 17 unspecified atom stereocenters. The Labute approximate surface area is 441 Å². The Balaban J connectivity index is 1.36. The average molecular weight is 1060 g/mol. The van der Waals surface area contributed by atoms with Gasteiger partial charge in [-0.2, -0.15) is 0 Å². The number of ether oxygens (including phenoxy) is 6. The molecule has 3 rings (SSSR count). The summed E-state index contributed by atoms with van der Waals surface area (Å²) in [5.41, 5.74) is 0. The highest BCUT2D eigenvalue weighted by Crippen LogP contribution is 2.33. The third-order valence-electron chi connectivity index (χ3n) is 14.5. The SMILES string of the molecule is CCCC/C=C/C(O)C(COC1OC(CO)C(OC2OC(CO)C(OC3OC(CO)C(O)C(O)C3O)C(O)C2O)C(O)C1O)NC(=O)CCCCCCCCCCCCCCC/C=C\CCCCCCCCCC. The summed E-state index contributed by atoms with van der Waals surface area (Å²) < 4.78 is 34.0. The molecule has 0 aromatic carbocycles. The lowest BCUT2D eigenvalue weighted by Gasteiger charge is -2.48. The number of aliphatic hydroxyl groups excluding tert-OH is 11. The Bertz CT molecular complexity index is 1460. The van der Waals surface area contributed by atoms with Crippen molar-refractivity contribution in [3.05, 3.63) is 24.3 Å². The average Bonchev–Trinajstić information content (AvgIpc) is 3.40. The van der Waals surface area contributed by atoms with E-state index in [1.54, 1.807) is 6.08 Å². The van der Waals surface area contributed by atoms with Crippen LogP contribution < -0.4 is 5.32 Å². The maximum atomic E-state index is 13.1. The molecular formula is C55H101NO18. The summed E-state index contributed by atoms with van der Waals surface area (Å²) in [5, 5.41) is 119. The number of carbonyl (C=O) groups is 1. The molecule has 0 aromatic rings. The quantitative estimate of drug-likeness (QED) is 0.0304. The fraction of sp³-hybridized carbons (Fsp3) is 0.909. The van der Waals surface area contributed by atoms with Crippen LogP contribution in [0.15, 0.2) is 24.3 Å². The van der Waals surface area contributed by atoms with E-state index in [4.69, 9.17) is 28.4 Å². The smallest absolute Gasteiger partial charge is 0.220 e. The maximum Gasteiger partial charge on any atom is 0.220 e. The minimum atomic E-state index is -1.97. The Morgan fingerprint density at radius 2 is 0.865 bits per heavy atom. The monoisotopic (exact) mass is 1060 g/mol. The summed E-state index contributed by atoms with van der Waals surface area (Å²) >= 11 is 0. The lowest BCUT2D eigenvalue weighted by atomic mass is 9.96. The Hall–Kier alpha value is -1.73. The molecule has 3 fully saturated rings. The lowest BCUT2D eigenvalue weighted by Crippen LogP contribution is -2.66. The van der Waals surface area contributed by atoms with Gasteiger partial charge in [0.2, 0.25) is 5.91 Å². The van der Waals surface area contributed by atoms with Gasteiger partial charge in [0, 0.05) is 6.42 Å². The molecule has 17 atom stereocenters. The van der Waals surface area contributed by atoms with E-state index >= 15 is 0 Å². The van der Waals surface area contributed by atoms with Crippen molar-refractivity contribution >= 4 is 5.91 Å². The largest absolute Gasteiger partial charge is 0.394 e. The summed E-state index contributed by atoms with van der Waals surface area (Å²) in [7, 11) is 0. The first-order chi connectivity index (χ1) is 35.8. The van der Waals surface area contributed by atoms with Crippen molar-refractivity contribution in [1.82, 2.24) is 5.32 Å². The van der Waals surface area contributed by atoms with E-state index in [0.29, 0.717) is 12.8 Å². The molecule has 74 heavy (non-hydrogen) atoms. The fourth-order valence-electron chi connectivity index (χ4n) is 9.70.